The summed E-state index contributed by atoms with van der Waals surface area (Å²) in [5.74, 6) is -0.594. The third kappa shape index (κ3) is 5.89. The van der Waals surface area contributed by atoms with E-state index in [0.717, 1.165) is 6.29 Å². The van der Waals surface area contributed by atoms with Gasteiger partial charge >= 0.3 is 0 Å². The summed E-state index contributed by atoms with van der Waals surface area (Å²) in [6.45, 7) is 4.93. The molecule has 2 aromatic heterocycles. The fourth-order valence-electron chi connectivity index (χ4n) is 4.54. The van der Waals surface area contributed by atoms with Crippen molar-refractivity contribution < 1.29 is 24.3 Å². The number of aromatic nitrogens is 4. The number of carbonyl (C=O) groups is 3. The molecule has 0 saturated heterocycles. The Hall–Kier alpha value is -5.17. The maximum atomic E-state index is 13.3. The van der Waals surface area contributed by atoms with Gasteiger partial charge < -0.3 is 24.9 Å². The molecule has 0 aliphatic rings. The van der Waals surface area contributed by atoms with Crippen LogP contribution in [0.4, 0.5) is 11.4 Å². The number of anilines is 2. The Morgan fingerprint density at radius 1 is 1.17 bits per heavy atom. The molecule has 2 aromatic carbocycles. The first-order chi connectivity index (χ1) is 19.7. The molecule has 0 atom stereocenters. The molecule has 0 aliphatic carbocycles. The van der Waals surface area contributed by atoms with Crippen molar-refractivity contribution in [1.29, 1.82) is 0 Å². The van der Waals surface area contributed by atoms with Gasteiger partial charge in [-0.05, 0) is 50.2 Å². The van der Waals surface area contributed by atoms with Gasteiger partial charge in [-0.15, -0.1) is 0 Å². The van der Waals surface area contributed by atoms with Crippen molar-refractivity contribution >= 4 is 40.5 Å². The van der Waals surface area contributed by atoms with Gasteiger partial charge in [0.15, 0.2) is 0 Å². The number of nitrogens with two attached hydrogens (primary N) is 1. The van der Waals surface area contributed by atoms with Gasteiger partial charge in [-0.2, -0.15) is 10.1 Å². The lowest BCUT2D eigenvalue weighted by Gasteiger charge is -2.10. The molecule has 4 rings (SSSR count). The number of nitrogens with one attached hydrogen (secondary N) is 2. The molecule has 5 N–H and O–H groups in total. The fraction of sp³-hybridized carbons (Fsp3) is 0.250. The quantitative estimate of drug-likeness (QED) is 0.123. The highest BCUT2D eigenvalue weighted by Gasteiger charge is 2.18. The smallest absolute Gasteiger partial charge is 0.298 e. The highest BCUT2D eigenvalue weighted by atomic mass is 16.5. The number of amides is 2. The number of aldehydes is 1. The zero-order chi connectivity index (χ0) is 29.7. The van der Waals surface area contributed by atoms with Crippen LogP contribution in [0.25, 0.3) is 11.0 Å². The van der Waals surface area contributed by atoms with Crippen molar-refractivity contribution in [2.24, 2.45) is 17.8 Å². The average Bonchev–Trinajstić information content (AvgIpc) is 3.49. The zero-order valence-corrected chi connectivity index (χ0v) is 23.2. The van der Waals surface area contributed by atoms with Crippen LogP contribution in [0.15, 0.2) is 53.5 Å². The highest BCUT2D eigenvalue weighted by molar-refractivity contribution is 5.95. The van der Waals surface area contributed by atoms with E-state index in [0.29, 0.717) is 70.4 Å². The number of hydrogen-bond acceptors (Lipinski definition) is 8. The van der Waals surface area contributed by atoms with Crippen LogP contribution in [-0.4, -0.2) is 55.9 Å². The molecule has 214 valence electrons. The van der Waals surface area contributed by atoms with E-state index < -0.39 is 11.8 Å². The molecular formula is C28H32N8O5. The second-order valence-corrected chi connectivity index (χ2v) is 9.17. The molecule has 41 heavy (non-hydrogen) atoms. The number of hydrogen-bond donors (Lipinski definition) is 4. The molecule has 13 nitrogen and oxygen atoms in total. The number of aryl methyl sites for hydroxylation is 3. The van der Waals surface area contributed by atoms with Gasteiger partial charge in [0.2, 0.25) is 11.5 Å². The molecule has 0 spiro atoms. The van der Waals surface area contributed by atoms with Gasteiger partial charge in [-0.3, -0.25) is 29.8 Å². The van der Waals surface area contributed by atoms with Gasteiger partial charge in [-0.1, -0.05) is 12.2 Å². The van der Waals surface area contributed by atoms with E-state index >= 15 is 0 Å². The monoisotopic (exact) mass is 560 g/mol. The van der Waals surface area contributed by atoms with Crippen LogP contribution in [0.5, 0.6) is 5.75 Å². The number of ether oxygens (including phenoxy) is 1. The fourth-order valence-corrected chi connectivity index (χ4v) is 4.54. The zero-order valence-electron chi connectivity index (χ0n) is 23.2. The first kappa shape index (κ1) is 28.8. The molecule has 0 unspecified atom stereocenters. The Balaban J connectivity index is 1.71. The maximum absolute atomic E-state index is 13.3. The number of rotatable bonds is 11. The molecule has 0 aliphatic heterocycles. The minimum atomic E-state index is -0.607. The predicted molar refractivity (Wildman–Crippen MR) is 153 cm³/mol. The van der Waals surface area contributed by atoms with Crippen molar-refractivity contribution in [1.82, 2.24) is 18.9 Å². The van der Waals surface area contributed by atoms with Gasteiger partial charge in [0.05, 0.1) is 29.7 Å². The molecule has 13 heteroatoms. The Labute approximate surface area is 235 Å². The SMILES string of the molecule is CCn1nc(C)cc1C(=O)N=c1n(C)c2cc(C=O)cc(OC)c2n1C/C=C/CNc1ccc(C(N)=O)cc1NO. The van der Waals surface area contributed by atoms with E-state index in [1.807, 2.05) is 30.6 Å². The standard InChI is InChI=1S/C28H32N8O5/c1-5-36-23(12-17(2)32-36)27(39)31-28-34(3)22-13-18(16-37)14-24(41-4)25(22)35(28)11-7-6-10-30-20-9-8-19(26(29)38)15-21(20)33-40/h6-9,12-16,30,33,40H,5,10-11H2,1-4H3,(H2,29,38)/b7-6+,31-28?. The number of imidazole rings is 1. The van der Waals surface area contributed by atoms with Gasteiger partial charge in [-0.25, -0.2) is 0 Å². The third-order valence-corrected chi connectivity index (χ3v) is 6.52. The van der Waals surface area contributed by atoms with Gasteiger partial charge in [0.25, 0.3) is 5.91 Å². The Morgan fingerprint density at radius 2 is 1.95 bits per heavy atom. The summed E-state index contributed by atoms with van der Waals surface area (Å²) in [6.07, 6.45) is 4.48. The Kier molecular flexibility index (Phi) is 8.68. The van der Waals surface area contributed by atoms with Crippen molar-refractivity contribution in [3.63, 3.8) is 0 Å². The summed E-state index contributed by atoms with van der Waals surface area (Å²) in [6, 6.07) is 9.68. The topological polar surface area (TPSA) is 171 Å². The molecular weight excluding hydrogens is 528 g/mol. The molecule has 2 heterocycles. The number of primary amides is 1. The first-order valence-corrected chi connectivity index (χ1v) is 12.8. The summed E-state index contributed by atoms with van der Waals surface area (Å²) in [5.41, 5.74) is 11.7. The minimum absolute atomic E-state index is 0.254. The number of methoxy groups -OCH3 is 1. The first-order valence-electron chi connectivity index (χ1n) is 12.8. The van der Waals surface area contributed by atoms with E-state index in [2.05, 4.69) is 20.9 Å². The van der Waals surface area contributed by atoms with E-state index in [4.69, 9.17) is 10.5 Å². The van der Waals surface area contributed by atoms with Gasteiger partial charge in [0, 0.05) is 37.8 Å². The lowest BCUT2D eigenvalue weighted by Crippen LogP contribution is -2.26. The van der Waals surface area contributed by atoms with Gasteiger partial charge in [0.1, 0.15) is 23.2 Å². The lowest BCUT2D eigenvalue weighted by atomic mass is 10.1. The summed E-state index contributed by atoms with van der Waals surface area (Å²) < 4.78 is 10.8. The Bertz CT molecular complexity index is 1730. The molecule has 0 bridgehead atoms. The molecule has 0 fully saturated rings. The number of carbonyl (C=O) groups excluding carboxylic acids is 3. The third-order valence-electron chi connectivity index (χ3n) is 6.52. The second kappa shape index (κ2) is 12.3. The Morgan fingerprint density at radius 3 is 2.61 bits per heavy atom. The summed E-state index contributed by atoms with van der Waals surface area (Å²) in [5, 5.41) is 16.9. The molecule has 4 aromatic rings. The van der Waals surface area contributed by atoms with E-state index in [-0.39, 0.29) is 5.56 Å². The van der Waals surface area contributed by atoms with Crippen LogP contribution < -0.4 is 26.9 Å². The number of nitrogens with zero attached hydrogens (tertiary/aromatic N) is 5. The van der Waals surface area contributed by atoms with E-state index in [1.165, 1.54) is 13.2 Å². The lowest BCUT2D eigenvalue weighted by molar-refractivity contribution is 0.0982. The summed E-state index contributed by atoms with van der Waals surface area (Å²) in [7, 11) is 3.28. The van der Waals surface area contributed by atoms with Crippen molar-refractivity contribution in [2.45, 2.75) is 26.9 Å². The number of allylic oxidation sites excluding steroid dienone is 1. The number of fused-ring (bicyclic) bond motifs is 1. The second-order valence-electron chi connectivity index (χ2n) is 9.17. The summed E-state index contributed by atoms with van der Waals surface area (Å²) in [4.78, 5) is 40.8. The van der Waals surface area contributed by atoms with Crippen LogP contribution in [0.1, 0.15) is 43.8 Å². The van der Waals surface area contributed by atoms with Crippen molar-refractivity contribution in [3.05, 3.63) is 76.7 Å². The van der Waals surface area contributed by atoms with Crippen molar-refractivity contribution in [2.75, 3.05) is 24.5 Å². The van der Waals surface area contributed by atoms with Crippen molar-refractivity contribution in [3.8, 4) is 5.75 Å². The minimum Gasteiger partial charge on any atom is -0.494 e. The molecule has 2 amide bonds. The maximum Gasteiger partial charge on any atom is 0.298 e. The summed E-state index contributed by atoms with van der Waals surface area (Å²) >= 11 is 0. The van der Waals surface area contributed by atoms with Crippen LogP contribution in [0.2, 0.25) is 0 Å². The molecule has 0 radical (unpaired) electrons. The van der Waals surface area contributed by atoms with Crippen LogP contribution in [-0.2, 0) is 20.1 Å². The van der Waals surface area contributed by atoms with E-state index in [9.17, 15) is 19.6 Å². The normalized spacial score (nSPS) is 11.8. The highest BCUT2D eigenvalue weighted by Crippen LogP contribution is 2.27. The van der Waals surface area contributed by atoms with Crippen LogP contribution in [0, 0.1) is 6.92 Å². The van der Waals surface area contributed by atoms with Crippen LogP contribution >= 0.6 is 0 Å². The largest absolute Gasteiger partial charge is 0.494 e. The number of benzene rings is 2. The molecule has 0 saturated carbocycles. The van der Waals surface area contributed by atoms with E-state index in [1.54, 1.807) is 46.6 Å². The van der Waals surface area contributed by atoms with Crippen LogP contribution in [0.3, 0.4) is 0 Å². The average molecular weight is 561 g/mol. The predicted octanol–water partition coefficient (Wildman–Crippen LogP) is 2.64.